The molecule has 3 N–H and O–H groups in total. The quantitative estimate of drug-likeness (QED) is 0.465. The summed E-state index contributed by atoms with van der Waals surface area (Å²) in [7, 11) is 0. The summed E-state index contributed by atoms with van der Waals surface area (Å²) in [6, 6.07) is 10.2. The van der Waals surface area contributed by atoms with E-state index < -0.39 is 12.0 Å². The van der Waals surface area contributed by atoms with Crippen LogP contribution in [0.25, 0.3) is 0 Å². The molecule has 7 nitrogen and oxygen atoms in total. The van der Waals surface area contributed by atoms with Gasteiger partial charge < -0.3 is 15.7 Å². The molecule has 0 radical (unpaired) electrons. The molecule has 0 aromatic heterocycles. The van der Waals surface area contributed by atoms with Crippen molar-refractivity contribution in [3.05, 3.63) is 63.1 Å². The fourth-order valence-electron chi connectivity index (χ4n) is 2.93. The number of nitrogens with one attached hydrogen (secondary N) is 2. The summed E-state index contributed by atoms with van der Waals surface area (Å²) in [6.45, 7) is 0.669. The van der Waals surface area contributed by atoms with Crippen molar-refractivity contribution >= 4 is 46.8 Å². The maximum atomic E-state index is 12.6. The second-order valence-electron chi connectivity index (χ2n) is 6.16. The molecule has 2 aromatic carbocycles. The third-order valence-corrected chi connectivity index (χ3v) is 5.04. The summed E-state index contributed by atoms with van der Waals surface area (Å²) in [5, 5.41) is 15.0. The highest BCUT2D eigenvalue weighted by Gasteiger charge is 2.35. The Hall–Kier alpha value is -2.77. The first-order chi connectivity index (χ1) is 13.4. The molecule has 0 bridgehead atoms. The molecule has 0 saturated carbocycles. The second kappa shape index (κ2) is 8.50. The highest BCUT2D eigenvalue weighted by Crippen LogP contribution is 2.28. The Morgan fingerprint density at radius 3 is 2.39 bits per heavy atom. The highest BCUT2D eigenvalue weighted by molar-refractivity contribution is 6.36. The first-order valence-corrected chi connectivity index (χ1v) is 9.28. The van der Waals surface area contributed by atoms with E-state index in [1.807, 2.05) is 0 Å². The van der Waals surface area contributed by atoms with Crippen LogP contribution in [0.5, 0.6) is 0 Å². The average Bonchev–Trinajstić information content (AvgIpc) is 2.89. The molecule has 9 heteroatoms. The number of amides is 3. The van der Waals surface area contributed by atoms with Crippen LogP contribution in [0.3, 0.4) is 0 Å². The van der Waals surface area contributed by atoms with Crippen molar-refractivity contribution < 1.29 is 19.5 Å². The van der Waals surface area contributed by atoms with Crippen LogP contribution in [0.4, 0.5) is 10.5 Å². The number of imide groups is 1. The molecule has 0 saturated heterocycles. The molecule has 3 amide bonds. The normalized spacial score (nSPS) is 12.9. The Labute approximate surface area is 171 Å². The number of carboxylic acid groups (broad SMARTS) is 1. The van der Waals surface area contributed by atoms with Crippen LogP contribution in [0, 0.1) is 0 Å². The standard InChI is InChI=1S/C19H17Cl2N3O4/c20-15-3-1-4-16(21)14(15)10-23-11-5-6-12-13(9-11)18(26)24(17(12)25)8-2-7-22-19(27)28/h1,3-6,9,22-23H,2,7-8,10H2,(H,27,28). The van der Waals surface area contributed by atoms with Crippen molar-refractivity contribution in [3.63, 3.8) is 0 Å². The maximum Gasteiger partial charge on any atom is 0.404 e. The van der Waals surface area contributed by atoms with Crippen LogP contribution in [0.2, 0.25) is 10.0 Å². The van der Waals surface area contributed by atoms with Gasteiger partial charge in [-0.1, -0.05) is 29.3 Å². The minimum Gasteiger partial charge on any atom is -0.465 e. The molecule has 0 fully saturated rings. The molecule has 2 aromatic rings. The predicted molar refractivity (Wildman–Crippen MR) is 106 cm³/mol. The van der Waals surface area contributed by atoms with Gasteiger partial charge >= 0.3 is 6.09 Å². The van der Waals surface area contributed by atoms with E-state index >= 15 is 0 Å². The number of rotatable bonds is 7. The smallest absolute Gasteiger partial charge is 0.404 e. The summed E-state index contributed by atoms with van der Waals surface area (Å²) in [5.74, 6) is -0.772. The number of halogens is 2. The van der Waals surface area contributed by atoms with Crippen molar-refractivity contribution in [2.24, 2.45) is 0 Å². The molecule has 0 aliphatic carbocycles. The minimum absolute atomic E-state index is 0.143. The van der Waals surface area contributed by atoms with Crippen molar-refractivity contribution in [3.8, 4) is 0 Å². The van der Waals surface area contributed by atoms with Crippen LogP contribution in [0.1, 0.15) is 32.7 Å². The molecule has 1 aliphatic heterocycles. The van der Waals surface area contributed by atoms with Crippen molar-refractivity contribution in [2.75, 3.05) is 18.4 Å². The van der Waals surface area contributed by atoms with Gasteiger partial charge in [0, 0.05) is 40.9 Å². The average molecular weight is 422 g/mol. The maximum absolute atomic E-state index is 12.6. The molecule has 146 valence electrons. The zero-order valence-corrected chi connectivity index (χ0v) is 16.2. The minimum atomic E-state index is -1.14. The van der Waals surface area contributed by atoms with Crippen LogP contribution < -0.4 is 10.6 Å². The summed E-state index contributed by atoms with van der Waals surface area (Å²) in [6.07, 6.45) is -0.801. The molecule has 3 rings (SSSR count). The number of fused-ring (bicyclic) bond motifs is 1. The van der Waals surface area contributed by atoms with Gasteiger partial charge in [-0.3, -0.25) is 14.5 Å². The molecule has 1 heterocycles. The van der Waals surface area contributed by atoms with Gasteiger partial charge in [-0.05, 0) is 36.8 Å². The van der Waals surface area contributed by atoms with Crippen molar-refractivity contribution in [2.45, 2.75) is 13.0 Å². The van der Waals surface area contributed by atoms with Gasteiger partial charge in [0.15, 0.2) is 0 Å². The lowest BCUT2D eigenvalue weighted by Crippen LogP contribution is -2.33. The molecular weight excluding hydrogens is 405 g/mol. The molecule has 28 heavy (non-hydrogen) atoms. The topological polar surface area (TPSA) is 98.7 Å². The van der Waals surface area contributed by atoms with E-state index in [9.17, 15) is 14.4 Å². The second-order valence-corrected chi connectivity index (χ2v) is 6.98. The number of anilines is 1. The largest absolute Gasteiger partial charge is 0.465 e. The SMILES string of the molecule is O=C(O)NCCCN1C(=O)c2ccc(NCc3c(Cl)cccc3Cl)cc2C1=O. The van der Waals surface area contributed by atoms with Gasteiger partial charge in [-0.15, -0.1) is 0 Å². The van der Waals surface area contributed by atoms with Crippen molar-refractivity contribution in [1.82, 2.24) is 10.2 Å². The molecular formula is C19H17Cl2N3O4. The summed E-state index contributed by atoms with van der Waals surface area (Å²) in [4.78, 5) is 36.6. The molecule has 0 spiro atoms. The zero-order valence-electron chi connectivity index (χ0n) is 14.7. The lowest BCUT2D eigenvalue weighted by atomic mass is 10.1. The van der Waals surface area contributed by atoms with Crippen LogP contribution >= 0.6 is 23.2 Å². The number of carbonyl (C=O) groups is 3. The van der Waals surface area contributed by atoms with E-state index in [-0.39, 0.29) is 19.0 Å². The van der Waals surface area contributed by atoms with Gasteiger partial charge in [-0.2, -0.15) is 0 Å². The van der Waals surface area contributed by atoms with Gasteiger partial charge in [0.05, 0.1) is 11.1 Å². The monoisotopic (exact) mass is 421 g/mol. The van der Waals surface area contributed by atoms with E-state index in [2.05, 4.69) is 10.6 Å². The molecule has 0 unspecified atom stereocenters. The molecule has 1 aliphatic rings. The Morgan fingerprint density at radius 1 is 1.04 bits per heavy atom. The predicted octanol–water partition coefficient (Wildman–Crippen LogP) is 3.86. The fourth-order valence-corrected chi connectivity index (χ4v) is 3.46. The van der Waals surface area contributed by atoms with Crippen LogP contribution in [0.15, 0.2) is 36.4 Å². The van der Waals surface area contributed by atoms with Crippen LogP contribution in [-0.2, 0) is 6.54 Å². The van der Waals surface area contributed by atoms with Gasteiger partial charge in [-0.25, -0.2) is 4.79 Å². The fraction of sp³-hybridized carbons (Fsp3) is 0.211. The Morgan fingerprint density at radius 2 is 1.71 bits per heavy atom. The Bertz CT molecular complexity index is 929. The van der Waals surface area contributed by atoms with E-state index in [1.165, 1.54) is 0 Å². The van der Waals surface area contributed by atoms with Gasteiger partial charge in [0.1, 0.15) is 0 Å². The first kappa shape index (κ1) is 20.0. The number of hydrogen-bond acceptors (Lipinski definition) is 4. The number of carbonyl (C=O) groups excluding carboxylic acids is 2. The summed E-state index contributed by atoms with van der Waals surface area (Å²) in [5.41, 5.74) is 2.04. The Kier molecular flexibility index (Phi) is 6.06. The van der Waals surface area contributed by atoms with Crippen LogP contribution in [-0.4, -0.2) is 41.0 Å². The zero-order chi connectivity index (χ0) is 20.3. The summed E-state index contributed by atoms with van der Waals surface area (Å²) < 4.78 is 0. The third kappa shape index (κ3) is 4.21. The van der Waals surface area contributed by atoms with E-state index in [4.69, 9.17) is 28.3 Å². The highest BCUT2D eigenvalue weighted by atomic mass is 35.5. The van der Waals surface area contributed by atoms with Crippen molar-refractivity contribution in [1.29, 1.82) is 0 Å². The van der Waals surface area contributed by atoms with E-state index in [1.54, 1.807) is 36.4 Å². The third-order valence-electron chi connectivity index (χ3n) is 4.34. The number of nitrogens with zero attached hydrogens (tertiary/aromatic N) is 1. The lowest BCUT2D eigenvalue weighted by molar-refractivity contribution is 0.0653. The van der Waals surface area contributed by atoms with E-state index in [0.29, 0.717) is 39.8 Å². The Balaban J connectivity index is 1.68. The molecule has 0 atom stereocenters. The number of hydrogen-bond donors (Lipinski definition) is 3. The number of benzene rings is 2. The lowest BCUT2D eigenvalue weighted by Gasteiger charge is -2.13. The first-order valence-electron chi connectivity index (χ1n) is 8.52. The van der Waals surface area contributed by atoms with E-state index in [0.717, 1.165) is 10.5 Å². The summed E-state index contributed by atoms with van der Waals surface area (Å²) >= 11 is 12.3. The van der Waals surface area contributed by atoms with Gasteiger partial charge in [0.2, 0.25) is 0 Å². The van der Waals surface area contributed by atoms with Gasteiger partial charge in [0.25, 0.3) is 11.8 Å².